The molecular weight excluding hydrogens is 378 g/mol. The second-order valence-corrected chi connectivity index (χ2v) is 7.51. The molecule has 0 bridgehead atoms. The highest BCUT2D eigenvalue weighted by molar-refractivity contribution is 6.34. The molecule has 0 saturated carbocycles. The zero-order chi connectivity index (χ0) is 19.3. The summed E-state index contributed by atoms with van der Waals surface area (Å²) in [5, 5.41) is 3.17. The summed E-state index contributed by atoms with van der Waals surface area (Å²) in [6.45, 7) is 6.03. The Morgan fingerprint density at radius 3 is 2.75 bits per heavy atom. The van der Waals surface area contributed by atoms with Crippen LogP contribution in [0, 0.1) is 0 Å². The molecule has 3 heterocycles. The Kier molecular flexibility index (Phi) is 6.04. The van der Waals surface area contributed by atoms with E-state index in [-0.39, 0.29) is 16.6 Å². The molecule has 1 amide bonds. The molecule has 148 valence electrons. The lowest BCUT2D eigenvalue weighted by Crippen LogP contribution is -2.35. The summed E-state index contributed by atoms with van der Waals surface area (Å²) in [5.41, 5.74) is 2.08. The number of hydrogen-bond donors (Lipinski definition) is 1. The fourth-order valence-corrected chi connectivity index (χ4v) is 3.72. The van der Waals surface area contributed by atoms with Gasteiger partial charge in [0.05, 0.1) is 24.4 Å². The zero-order valence-electron chi connectivity index (χ0n) is 15.7. The second-order valence-electron chi connectivity index (χ2n) is 7.10. The van der Waals surface area contributed by atoms with Crippen molar-refractivity contribution >= 4 is 29.1 Å². The van der Waals surface area contributed by atoms with E-state index in [0.29, 0.717) is 5.95 Å². The molecule has 0 aliphatic carbocycles. The Balaban J connectivity index is 1.46. The molecule has 28 heavy (non-hydrogen) atoms. The van der Waals surface area contributed by atoms with Crippen LogP contribution < -0.4 is 10.2 Å². The standard InChI is InChI=1S/C20H24ClN5O2/c21-17-13-22-20(26-6-1-2-7-26)24-18(17)19(27)23-16-5-3-4-15(12-16)14-25-8-10-28-11-9-25/h3-5,12-13H,1-2,6-11,14H2,(H,23,27). The van der Waals surface area contributed by atoms with Crippen LogP contribution in [0.25, 0.3) is 0 Å². The second kappa shape index (κ2) is 8.86. The number of rotatable bonds is 5. The maximum absolute atomic E-state index is 12.8. The van der Waals surface area contributed by atoms with Gasteiger partial charge < -0.3 is 15.0 Å². The first-order chi connectivity index (χ1) is 13.7. The molecule has 7 nitrogen and oxygen atoms in total. The number of halogens is 1. The SMILES string of the molecule is O=C(Nc1cccc(CN2CCOCC2)c1)c1nc(N2CCCC2)ncc1Cl. The van der Waals surface area contributed by atoms with Crippen LogP contribution in [0.15, 0.2) is 30.5 Å². The lowest BCUT2D eigenvalue weighted by molar-refractivity contribution is 0.0342. The number of hydrogen-bond acceptors (Lipinski definition) is 6. The topological polar surface area (TPSA) is 70.6 Å². The van der Waals surface area contributed by atoms with Crippen molar-refractivity contribution in [2.45, 2.75) is 19.4 Å². The van der Waals surface area contributed by atoms with Crippen LogP contribution in [0.2, 0.25) is 5.02 Å². The Bertz CT molecular complexity index is 835. The third-order valence-electron chi connectivity index (χ3n) is 5.03. The molecule has 0 unspecified atom stereocenters. The van der Waals surface area contributed by atoms with Crippen LogP contribution >= 0.6 is 11.6 Å². The molecule has 0 radical (unpaired) electrons. The fourth-order valence-electron chi connectivity index (χ4n) is 3.54. The Labute approximate surface area is 169 Å². The number of amides is 1. The Hall–Kier alpha value is -2.22. The number of nitrogens with zero attached hydrogens (tertiary/aromatic N) is 4. The molecular formula is C20H24ClN5O2. The van der Waals surface area contributed by atoms with Gasteiger partial charge in [-0.05, 0) is 30.5 Å². The molecule has 2 aliphatic heterocycles. The summed E-state index contributed by atoms with van der Waals surface area (Å²) in [6, 6.07) is 7.87. The van der Waals surface area contributed by atoms with Gasteiger partial charge in [-0.25, -0.2) is 9.97 Å². The number of carbonyl (C=O) groups excluding carboxylic acids is 1. The van der Waals surface area contributed by atoms with Crippen LogP contribution in [0.4, 0.5) is 11.6 Å². The molecule has 0 atom stereocenters. The van der Waals surface area contributed by atoms with E-state index in [4.69, 9.17) is 16.3 Å². The van der Waals surface area contributed by atoms with E-state index in [1.54, 1.807) is 0 Å². The minimum atomic E-state index is -0.323. The lowest BCUT2D eigenvalue weighted by Gasteiger charge is -2.26. The third kappa shape index (κ3) is 4.60. The van der Waals surface area contributed by atoms with E-state index in [1.807, 2.05) is 18.2 Å². The summed E-state index contributed by atoms with van der Waals surface area (Å²) in [4.78, 5) is 25.9. The normalized spacial score (nSPS) is 17.7. The van der Waals surface area contributed by atoms with Gasteiger partial charge >= 0.3 is 0 Å². The predicted molar refractivity (Wildman–Crippen MR) is 109 cm³/mol. The maximum atomic E-state index is 12.8. The van der Waals surface area contributed by atoms with Crippen LogP contribution in [0.5, 0.6) is 0 Å². The van der Waals surface area contributed by atoms with Crippen molar-refractivity contribution in [1.82, 2.24) is 14.9 Å². The third-order valence-corrected chi connectivity index (χ3v) is 5.31. The van der Waals surface area contributed by atoms with E-state index in [2.05, 4.69) is 31.2 Å². The van der Waals surface area contributed by atoms with E-state index in [9.17, 15) is 4.79 Å². The first-order valence-electron chi connectivity index (χ1n) is 9.67. The quantitative estimate of drug-likeness (QED) is 0.830. The first kappa shape index (κ1) is 19.1. The minimum absolute atomic E-state index is 0.206. The highest BCUT2D eigenvalue weighted by Crippen LogP contribution is 2.21. The average molecular weight is 402 g/mol. The van der Waals surface area contributed by atoms with Crippen molar-refractivity contribution in [1.29, 1.82) is 0 Å². The highest BCUT2D eigenvalue weighted by atomic mass is 35.5. The first-order valence-corrected chi connectivity index (χ1v) is 10.0. The van der Waals surface area contributed by atoms with Crippen LogP contribution in [-0.2, 0) is 11.3 Å². The Morgan fingerprint density at radius 2 is 1.96 bits per heavy atom. The van der Waals surface area contributed by atoms with Gasteiger partial charge in [-0.3, -0.25) is 9.69 Å². The summed E-state index contributed by atoms with van der Waals surface area (Å²) in [6.07, 6.45) is 3.73. The lowest BCUT2D eigenvalue weighted by atomic mass is 10.1. The Morgan fingerprint density at radius 1 is 1.18 bits per heavy atom. The zero-order valence-corrected chi connectivity index (χ0v) is 16.5. The van der Waals surface area contributed by atoms with Gasteiger partial charge in [-0.2, -0.15) is 0 Å². The van der Waals surface area contributed by atoms with Gasteiger partial charge in [-0.1, -0.05) is 23.7 Å². The number of nitrogens with one attached hydrogen (secondary N) is 1. The molecule has 2 aliphatic rings. The number of benzene rings is 1. The van der Waals surface area contributed by atoms with Gasteiger partial charge in [0, 0.05) is 38.4 Å². The number of anilines is 2. The number of aromatic nitrogens is 2. The molecule has 2 saturated heterocycles. The number of ether oxygens (including phenoxy) is 1. The van der Waals surface area contributed by atoms with Crippen molar-refractivity contribution < 1.29 is 9.53 Å². The largest absolute Gasteiger partial charge is 0.379 e. The minimum Gasteiger partial charge on any atom is -0.379 e. The van der Waals surface area contributed by atoms with Crippen LogP contribution in [0.3, 0.4) is 0 Å². The van der Waals surface area contributed by atoms with E-state index in [0.717, 1.165) is 70.0 Å². The van der Waals surface area contributed by atoms with Gasteiger partial charge in [0.2, 0.25) is 5.95 Å². The van der Waals surface area contributed by atoms with E-state index >= 15 is 0 Å². The average Bonchev–Trinajstić information content (AvgIpc) is 3.24. The van der Waals surface area contributed by atoms with Crippen molar-refractivity contribution in [3.8, 4) is 0 Å². The van der Waals surface area contributed by atoms with Crippen molar-refractivity contribution in [2.75, 3.05) is 49.6 Å². The molecule has 1 aromatic carbocycles. The van der Waals surface area contributed by atoms with Crippen molar-refractivity contribution in [3.05, 3.63) is 46.7 Å². The summed E-state index contributed by atoms with van der Waals surface area (Å²) >= 11 is 6.20. The van der Waals surface area contributed by atoms with Gasteiger partial charge in [0.15, 0.2) is 5.69 Å². The molecule has 1 N–H and O–H groups in total. The fraction of sp³-hybridized carbons (Fsp3) is 0.450. The van der Waals surface area contributed by atoms with E-state index in [1.165, 1.54) is 6.20 Å². The summed E-state index contributed by atoms with van der Waals surface area (Å²) in [7, 11) is 0. The molecule has 0 spiro atoms. The smallest absolute Gasteiger partial charge is 0.276 e. The maximum Gasteiger partial charge on any atom is 0.276 e. The van der Waals surface area contributed by atoms with Crippen molar-refractivity contribution in [2.24, 2.45) is 0 Å². The van der Waals surface area contributed by atoms with Crippen LogP contribution in [0.1, 0.15) is 28.9 Å². The highest BCUT2D eigenvalue weighted by Gasteiger charge is 2.20. The number of morpholine rings is 1. The molecule has 2 aromatic rings. The molecule has 8 heteroatoms. The van der Waals surface area contributed by atoms with Crippen LogP contribution in [-0.4, -0.2) is 60.2 Å². The number of carbonyl (C=O) groups is 1. The van der Waals surface area contributed by atoms with Crippen molar-refractivity contribution in [3.63, 3.8) is 0 Å². The van der Waals surface area contributed by atoms with Gasteiger partial charge in [-0.15, -0.1) is 0 Å². The summed E-state index contributed by atoms with van der Waals surface area (Å²) in [5.74, 6) is 0.240. The molecule has 2 fully saturated rings. The predicted octanol–water partition coefficient (Wildman–Crippen LogP) is 2.81. The monoisotopic (exact) mass is 401 g/mol. The summed E-state index contributed by atoms with van der Waals surface area (Å²) < 4.78 is 5.39. The molecule has 4 rings (SSSR count). The van der Waals surface area contributed by atoms with E-state index < -0.39 is 0 Å². The van der Waals surface area contributed by atoms with Gasteiger partial charge in [0.25, 0.3) is 5.91 Å². The molecule has 1 aromatic heterocycles. The van der Waals surface area contributed by atoms with Gasteiger partial charge in [0.1, 0.15) is 0 Å².